The third-order valence-electron chi connectivity index (χ3n) is 2.80. The number of hydrogen-bond acceptors (Lipinski definition) is 7. The molecule has 1 heterocycles. The van der Waals surface area contributed by atoms with Crippen LogP contribution in [-0.4, -0.2) is 42.8 Å². The highest BCUT2D eigenvalue weighted by molar-refractivity contribution is 7.15. The third kappa shape index (κ3) is 4.65. The van der Waals surface area contributed by atoms with Gasteiger partial charge in [-0.15, -0.1) is 10.2 Å². The Kier molecular flexibility index (Phi) is 5.47. The van der Waals surface area contributed by atoms with E-state index in [1.54, 1.807) is 25.1 Å². The molecule has 0 spiro atoms. The van der Waals surface area contributed by atoms with Crippen LogP contribution in [0.2, 0.25) is 0 Å². The van der Waals surface area contributed by atoms with Crippen LogP contribution in [0.25, 0.3) is 0 Å². The molecule has 0 atom stereocenters. The minimum Gasteiger partial charge on any atom is -0.497 e. The van der Waals surface area contributed by atoms with Crippen LogP contribution in [0.4, 0.5) is 5.13 Å². The largest absolute Gasteiger partial charge is 0.497 e. The van der Waals surface area contributed by atoms with E-state index in [2.05, 4.69) is 20.8 Å². The molecular weight excluding hydrogens is 320 g/mol. The Morgan fingerprint density at radius 2 is 1.78 bits per heavy atom. The second-order valence-electron chi connectivity index (χ2n) is 4.46. The van der Waals surface area contributed by atoms with Gasteiger partial charge < -0.3 is 14.8 Å². The monoisotopic (exact) mass is 336 g/mol. The molecule has 8 nitrogen and oxygen atoms in total. The Balaban J connectivity index is 1.95. The van der Waals surface area contributed by atoms with Crippen LogP contribution >= 0.6 is 11.3 Å². The fourth-order valence-corrected chi connectivity index (χ4v) is 2.32. The molecule has 0 saturated heterocycles. The van der Waals surface area contributed by atoms with Crippen LogP contribution in [0.15, 0.2) is 18.2 Å². The lowest BCUT2D eigenvalue weighted by Gasteiger charge is -2.09. The van der Waals surface area contributed by atoms with Gasteiger partial charge in [0, 0.05) is 11.6 Å². The first kappa shape index (κ1) is 16.7. The topological polar surface area (TPSA) is 102 Å². The number of aryl methyl sites for hydroxylation is 1. The van der Waals surface area contributed by atoms with Crippen molar-refractivity contribution >= 4 is 28.3 Å². The van der Waals surface area contributed by atoms with Gasteiger partial charge >= 0.3 is 0 Å². The number of nitrogens with one attached hydrogen (secondary N) is 2. The van der Waals surface area contributed by atoms with Crippen molar-refractivity contribution in [1.29, 1.82) is 0 Å². The first-order valence-corrected chi connectivity index (χ1v) is 7.44. The van der Waals surface area contributed by atoms with E-state index in [1.807, 2.05) is 0 Å². The van der Waals surface area contributed by atoms with Crippen molar-refractivity contribution in [2.45, 2.75) is 6.92 Å². The van der Waals surface area contributed by atoms with Crippen LogP contribution in [0.1, 0.15) is 15.4 Å². The summed E-state index contributed by atoms with van der Waals surface area (Å²) in [5, 5.41) is 13.8. The first-order valence-electron chi connectivity index (χ1n) is 6.63. The molecule has 2 rings (SSSR count). The molecule has 1 aromatic carbocycles. The van der Waals surface area contributed by atoms with E-state index < -0.39 is 5.91 Å². The van der Waals surface area contributed by atoms with Crippen molar-refractivity contribution in [3.63, 3.8) is 0 Å². The van der Waals surface area contributed by atoms with Crippen molar-refractivity contribution in [1.82, 2.24) is 15.5 Å². The molecule has 0 aliphatic carbocycles. The standard InChI is InChI=1S/C14H16N4O4S/c1-8-17-18-14(23-8)16-12(19)7-15-13(20)9-4-10(21-2)6-11(5-9)22-3/h4-6H,7H2,1-3H3,(H,15,20)(H,16,18,19). The summed E-state index contributed by atoms with van der Waals surface area (Å²) in [6, 6.07) is 4.77. The molecule has 122 valence electrons. The molecule has 9 heteroatoms. The summed E-state index contributed by atoms with van der Waals surface area (Å²) in [6.07, 6.45) is 0. The van der Waals surface area contributed by atoms with Gasteiger partial charge in [0.05, 0.1) is 20.8 Å². The van der Waals surface area contributed by atoms with E-state index in [9.17, 15) is 9.59 Å². The summed E-state index contributed by atoms with van der Waals surface area (Å²) >= 11 is 1.26. The Morgan fingerprint density at radius 3 is 2.30 bits per heavy atom. The van der Waals surface area contributed by atoms with Gasteiger partial charge in [-0.2, -0.15) is 0 Å². The minimum atomic E-state index is -0.411. The van der Waals surface area contributed by atoms with Gasteiger partial charge in [-0.1, -0.05) is 11.3 Å². The maximum absolute atomic E-state index is 12.1. The number of amides is 2. The minimum absolute atomic E-state index is 0.184. The number of aromatic nitrogens is 2. The van der Waals surface area contributed by atoms with E-state index in [0.29, 0.717) is 22.2 Å². The second-order valence-corrected chi connectivity index (χ2v) is 5.64. The maximum atomic E-state index is 12.1. The molecular formula is C14H16N4O4S. The molecule has 2 aromatic rings. The molecule has 0 radical (unpaired) electrons. The number of anilines is 1. The summed E-state index contributed by atoms with van der Waals surface area (Å²) in [5.41, 5.74) is 0.334. The van der Waals surface area contributed by atoms with Crippen LogP contribution in [0, 0.1) is 6.92 Å². The number of nitrogens with zero attached hydrogens (tertiary/aromatic N) is 2. The van der Waals surface area contributed by atoms with Gasteiger partial charge in [-0.05, 0) is 19.1 Å². The summed E-state index contributed by atoms with van der Waals surface area (Å²) in [5.74, 6) is 0.182. The molecule has 1 aromatic heterocycles. The Hall–Kier alpha value is -2.68. The van der Waals surface area contributed by atoms with Gasteiger partial charge in [0.15, 0.2) is 0 Å². The predicted octanol–water partition coefficient (Wildman–Crippen LogP) is 1.23. The number of ether oxygens (including phenoxy) is 2. The maximum Gasteiger partial charge on any atom is 0.251 e. The Morgan fingerprint density at radius 1 is 1.13 bits per heavy atom. The summed E-state index contributed by atoms with van der Waals surface area (Å²) in [4.78, 5) is 23.9. The van der Waals surface area contributed by atoms with Crippen LogP contribution in [0.5, 0.6) is 11.5 Å². The highest BCUT2D eigenvalue weighted by Crippen LogP contribution is 2.22. The molecule has 2 amide bonds. The van der Waals surface area contributed by atoms with Crippen molar-refractivity contribution in [3.05, 3.63) is 28.8 Å². The fraction of sp³-hybridized carbons (Fsp3) is 0.286. The molecule has 0 bridgehead atoms. The Bertz CT molecular complexity index is 694. The number of carbonyl (C=O) groups is 2. The van der Waals surface area contributed by atoms with Gasteiger partial charge in [0.25, 0.3) is 5.91 Å². The lowest BCUT2D eigenvalue weighted by atomic mass is 10.2. The van der Waals surface area contributed by atoms with Gasteiger partial charge in [0.2, 0.25) is 11.0 Å². The first-order chi connectivity index (χ1) is 11.0. The third-order valence-corrected chi connectivity index (χ3v) is 3.55. The van der Waals surface area contributed by atoms with Gasteiger partial charge in [0.1, 0.15) is 16.5 Å². The molecule has 0 unspecified atom stereocenters. The van der Waals surface area contributed by atoms with E-state index >= 15 is 0 Å². The van der Waals surface area contributed by atoms with E-state index in [0.717, 1.165) is 5.01 Å². The van der Waals surface area contributed by atoms with Crippen LogP contribution in [-0.2, 0) is 4.79 Å². The lowest BCUT2D eigenvalue weighted by molar-refractivity contribution is -0.115. The zero-order valence-corrected chi connectivity index (χ0v) is 13.7. The van der Waals surface area contributed by atoms with Crippen LogP contribution in [0.3, 0.4) is 0 Å². The van der Waals surface area contributed by atoms with Crippen molar-refractivity contribution in [2.75, 3.05) is 26.1 Å². The quantitative estimate of drug-likeness (QED) is 0.822. The van der Waals surface area contributed by atoms with Gasteiger partial charge in [-0.3, -0.25) is 14.9 Å². The lowest BCUT2D eigenvalue weighted by Crippen LogP contribution is -2.32. The molecule has 2 N–H and O–H groups in total. The normalized spacial score (nSPS) is 10.0. The SMILES string of the molecule is COc1cc(OC)cc(C(=O)NCC(=O)Nc2nnc(C)s2)c1. The molecule has 0 saturated carbocycles. The highest BCUT2D eigenvalue weighted by atomic mass is 32.1. The fourth-order valence-electron chi connectivity index (χ4n) is 1.71. The number of rotatable bonds is 6. The molecule has 0 fully saturated rings. The van der Waals surface area contributed by atoms with Crippen molar-refractivity contribution in [3.8, 4) is 11.5 Å². The Labute approximate surface area is 136 Å². The predicted molar refractivity (Wildman–Crippen MR) is 85.2 cm³/mol. The molecule has 0 aliphatic heterocycles. The summed E-state index contributed by atoms with van der Waals surface area (Å²) in [6.45, 7) is 1.60. The average Bonchev–Trinajstić information content (AvgIpc) is 2.96. The highest BCUT2D eigenvalue weighted by Gasteiger charge is 2.12. The van der Waals surface area contributed by atoms with E-state index in [4.69, 9.17) is 9.47 Å². The number of hydrogen-bond donors (Lipinski definition) is 2. The summed E-state index contributed by atoms with van der Waals surface area (Å²) in [7, 11) is 2.99. The molecule has 0 aliphatic rings. The van der Waals surface area contributed by atoms with Crippen molar-refractivity contribution < 1.29 is 19.1 Å². The van der Waals surface area contributed by atoms with E-state index in [1.165, 1.54) is 25.6 Å². The van der Waals surface area contributed by atoms with E-state index in [-0.39, 0.29) is 12.5 Å². The number of benzene rings is 1. The zero-order valence-electron chi connectivity index (χ0n) is 12.9. The van der Waals surface area contributed by atoms with Gasteiger partial charge in [-0.25, -0.2) is 0 Å². The zero-order chi connectivity index (χ0) is 16.8. The second kappa shape index (κ2) is 7.54. The molecule has 23 heavy (non-hydrogen) atoms. The number of methoxy groups -OCH3 is 2. The summed E-state index contributed by atoms with van der Waals surface area (Å²) < 4.78 is 10.2. The van der Waals surface area contributed by atoms with Crippen molar-refractivity contribution in [2.24, 2.45) is 0 Å². The average molecular weight is 336 g/mol. The van der Waals surface area contributed by atoms with Crippen LogP contribution < -0.4 is 20.1 Å². The number of carbonyl (C=O) groups excluding carboxylic acids is 2. The smallest absolute Gasteiger partial charge is 0.251 e.